The van der Waals surface area contributed by atoms with E-state index in [4.69, 9.17) is 0 Å². The largest absolute Gasteiger partial charge is 0.314 e. The second kappa shape index (κ2) is 5.98. The lowest BCUT2D eigenvalue weighted by molar-refractivity contribution is -0.120. The number of carbonyl (C=O) groups is 1. The maximum absolute atomic E-state index is 12.2. The Labute approximate surface area is 109 Å². The van der Waals surface area contributed by atoms with Crippen LogP contribution in [0.15, 0.2) is 30.3 Å². The Balaban J connectivity index is 1.95. The summed E-state index contributed by atoms with van der Waals surface area (Å²) in [6.07, 6.45) is 0. The summed E-state index contributed by atoms with van der Waals surface area (Å²) < 4.78 is 0. The van der Waals surface area contributed by atoms with Crippen molar-refractivity contribution in [1.82, 2.24) is 10.2 Å². The molecule has 1 fully saturated rings. The van der Waals surface area contributed by atoms with Crippen molar-refractivity contribution in [3.05, 3.63) is 30.3 Å². The van der Waals surface area contributed by atoms with E-state index in [1.54, 1.807) is 4.90 Å². The summed E-state index contributed by atoms with van der Waals surface area (Å²) in [6.45, 7) is 5.51. The minimum absolute atomic E-state index is 0.148. The van der Waals surface area contributed by atoms with Gasteiger partial charge in [-0.2, -0.15) is 0 Å². The minimum Gasteiger partial charge on any atom is -0.314 e. The third-order valence-electron chi connectivity index (χ3n) is 3.49. The maximum atomic E-state index is 12.2. The van der Waals surface area contributed by atoms with Crippen LogP contribution in [0.1, 0.15) is 6.92 Å². The van der Waals surface area contributed by atoms with E-state index in [1.165, 1.54) is 0 Å². The number of piperazine rings is 1. The van der Waals surface area contributed by atoms with Gasteiger partial charge >= 0.3 is 0 Å². The molecule has 18 heavy (non-hydrogen) atoms. The molecule has 1 aromatic carbocycles. The number of likely N-dealkylation sites (N-methyl/N-ethyl adjacent to an activating group) is 1. The average molecular weight is 247 g/mol. The fourth-order valence-electron chi connectivity index (χ4n) is 2.19. The van der Waals surface area contributed by atoms with E-state index in [1.807, 2.05) is 37.4 Å². The fourth-order valence-corrected chi connectivity index (χ4v) is 2.19. The summed E-state index contributed by atoms with van der Waals surface area (Å²) in [5, 5.41) is 3.33. The molecule has 1 aromatic rings. The molecule has 1 saturated heterocycles. The summed E-state index contributed by atoms with van der Waals surface area (Å²) in [7, 11) is 1.84. The minimum atomic E-state index is 0.148. The maximum Gasteiger partial charge on any atom is 0.240 e. The average Bonchev–Trinajstić information content (AvgIpc) is 2.41. The Bertz CT molecular complexity index is 393. The smallest absolute Gasteiger partial charge is 0.240 e. The van der Waals surface area contributed by atoms with Crippen LogP contribution in [0.4, 0.5) is 5.69 Å². The van der Waals surface area contributed by atoms with Crippen molar-refractivity contribution in [1.29, 1.82) is 0 Å². The van der Waals surface area contributed by atoms with E-state index in [0.29, 0.717) is 12.6 Å². The van der Waals surface area contributed by atoms with Crippen LogP contribution in [0.25, 0.3) is 0 Å². The van der Waals surface area contributed by atoms with Gasteiger partial charge in [-0.15, -0.1) is 0 Å². The number of nitrogens with one attached hydrogen (secondary N) is 1. The van der Waals surface area contributed by atoms with Gasteiger partial charge in [0, 0.05) is 38.4 Å². The molecular formula is C14H21N3O. The Morgan fingerprint density at radius 2 is 2.17 bits per heavy atom. The highest BCUT2D eigenvalue weighted by Gasteiger charge is 2.22. The number of hydrogen-bond acceptors (Lipinski definition) is 3. The third kappa shape index (κ3) is 3.09. The van der Waals surface area contributed by atoms with E-state index in [-0.39, 0.29) is 5.91 Å². The van der Waals surface area contributed by atoms with Gasteiger partial charge < -0.3 is 10.2 Å². The molecule has 2 rings (SSSR count). The zero-order chi connectivity index (χ0) is 13.0. The predicted octanol–water partition coefficient (Wildman–Crippen LogP) is 0.943. The van der Waals surface area contributed by atoms with Gasteiger partial charge in [-0.1, -0.05) is 18.2 Å². The van der Waals surface area contributed by atoms with Crippen molar-refractivity contribution in [2.45, 2.75) is 13.0 Å². The lowest BCUT2D eigenvalue weighted by Crippen LogP contribution is -2.52. The molecule has 1 aliphatic heterocycles. The molecule has 1 aliphatic rings. The fraction of sp³-hybridized carbons (Fsp3) is 0.500. The number of hydrogen-bond donors (Lipinski definition) is 1. The standard InChI is InChI=1S/C14H21N3O/c1-12-10-15-8-9-17(12)11-14(18)16(2)13-6-4-3-5-7-13/h3-7,12,15H,8-11H2,1-2H3/t12-/m0/s1. The number of carbonyl (C=O) groups excluding carboxylic acids is 1. The lowest BCUT2D eigenvalue weighted by atomic mass is 10.2. The normalized spacial score (nSPS) is 20.7. The van der Waals surface area contributed by atoms with Crippen molar-refractivity contribution in [3.8, 4) is 0 Å². The van der Waals surface area contributed by atoms with Gasteiger partial charge in [-0.05, 0) is 19.1 Å². The predicted molar refractivity (Wildman–Crippen MR) is 73.8 cm³/mol. The summed E-state index contributed by atoms with van der Waals surface area (Å²) in [5.41, 5.74) is 0.949. The molecule has 0 radical (unpaired) electrons. The first-order valence-electron chi connectivity index (χ1n) is 6.45. The zero-order valence-corrected chi connectivity index (χ0v) is 11.1. The SMILES string of the molecule is C[C@H]1CNCCN1CC(=O)N(C)c1ccccc1. The van der Waals surface area contributed by atoms with Gasteiger partial charge in [0.1, 0.15) is 0 Å². The Kier molecular flexibility index (Phi) is 4.33. The molecule has 0 spiro atoms. The van der Waals surface area contributed by atoms with Gasteiger partial charge in [-0.25, -0.2) is 0 Å². The molecule has 0 bridgehead atoms. The zero-order valence-electron chi connectivity index (χ0n) is 11.1. The number of para-hydroxylation sites is 1. The molecule has 4 heteroatoms. The number of nitrogens with zero attached hydrogens (tertiary/aromatic N) is 2. The van der Waals surface area contributed by atoms with Crippen LogP contribution in [0.5, 0.6) is 0 Å². The van der Waals surface area contributed by atoms with Crippen molar-refractivity contribution < 1.29 is 4.79 Å². The highest BCUT2D eigenvalue weighted by Crippen LogP contribution is 2.12. The van der Waals surface area contributed by atoms with Crippen LogP contribution in [0.3, 0.4) is 0 Å². The van der Waals surface area contributed by atoms with E-state index in [9.17, 15) is 4.79 Å². The van der Waals surface area contributed by atoms with Crippen molar-refractivity contribution in [2.75, 3.05) is 38.1 Å². The number of amides is 1. The van der Waals surface area contributed by atoms with Gasteiger partial charge in [0.25, 0.3) is 0 Å². The molecule has 1 amide bonds. The highest BCUT2D eigenvalue weighted by molar-refractivity contribution is 5.94. The summed E-state index contributed by atoms with van der Waals surface area (Å²) >= 11 is 0. The second-order valence-corrected chi connectivity index (χ2v) is 4.81. The van der Waals surface area contributed by atoms with Crippen LogP contribution in [0, 0.1) is 0 Å². The molecular weight excluding hydrogens is 226 g/mol. The van der Waals surface area contributed by atoms with E-state index >= 15 is 0 Å². The number of anilines is 1. The first kappa shape index (κ1) is 13.1. The van der Waals surface area contributed by atoms with Crippen LogP contribution < -0.4 is 10.2 Å². The van der Waals surface area contributed by atoms with Gasteiger partial charge in [0.2, 0.25) is 5.91 Å². The Hall–Kier alpha value is -1.39. The van der Waals surface area contributed by atoms with Gasteiger partial charge in [0.15, 0.2) is 0 Å². The Morgan fingerprint density at radius 1 is 1.44 bits per heavy atom. The summed E-state index contributed by atoms with van der Waals surface area (Å²) in [4.78, 5) is 16.2. The van der Waals surface area contributed by atoms with E-state index < -0.39 is 0 Å². The summed E-state index contributed by atoms with van der Waals surface area (Å²) in [5.74, 6) is 0.148. The highest BCUT2D eigenvalue weighted by atomic mass is 16.2. The molecule has 0 aromatic heterocycles. The van der Waals surface area contributed by atoms with Gasteiger partial charge in [0.05, 0.1) is 6.54 Å². The van der Waals surface area contributed by atoms with Crippen LogP contribution in [-0.4, -0.2) is 50.1 Å². The quantitative estimate of drug-likeness (QED) is 0.863. The molecule has 4 nitrogen and oxygen atoms in total. The van der Waals surface area contributed by atoms with Gasteiger partial charge in [-0.3, -0.25) is 9.69 Å². The molecule has 1 atom stereocenters. The van der Waals surface area contributed by atoms with E-state index in [0.717, 1.165) is 25.3 Å². The topological polar surface area (TPSA) is 35.6 Å². The first-order valence-corrected chi connectivity index (χ1v) is 6.45. The van der Waals surface area contributed by atoms with Crippen molar-refractivity contribution >= 4 is 11.6 Å². The third-order valence-corrected chi connectivity index (χ3v) is 3.49. The van der Waals surface area contributed by atoms with Crippen LogP contribution in [0.2, 0.25) is 0 Å². The first-order chi connectivity index (χ1) is 8.68. The molecule has 1 N–H and O–H groups in total. The second-order valence-electron chi connectivity index (χ2n) is 4.81. The molecule has 98 valence electrons. The molecule has 0 aliphatic carbocycles. The molecule has 0 unspecified atom stereocenters. The number of rotatable bonds is 3. The van der Waals surface area contributed by atoms with Crippen LogP contribution in [-0.2, 0) is 4.79 Å². The molecule has 1 heterocycles. The van der Waals surface area contributed by atoms with Crippen molar-refractivity contribution in [2.24, 2.45) is 0 Å². The summed E-state index contributed by atoms with van der Waals surface area (Å²) in [6, 6.07) is 10.2. The lowest BCUT2D eigenvalue weighted by Gasteiger charge is -2.34. The number of benzene rings is 1. The van der Waals surface area contributed by atoms with E-state index in [2.05, 4.69) is 17.1 Å². The molecule has 0 saturated carbocycles. The van der Waals surface area contributed by atoms with Crippen molar-refractivity contribution in [3.63, 3.8) is 0 Å². The van der Waals surface area contributed by atoms with Crippen LogP contribution >= 0.6 is 0 Å². The Morgan fingerprint density at radius 3 is 2.83 bits per heavy atom. The monoisotopic (exact) mass is 247 g/mol.